The Morgan fingerprint density at radius 3 is 1.74 bits per heavy atom. The standard InChI is InChI=1S/C54H50N4/c1-34-17-15-18-35(2)48(34)52-55-44-32-37(54(6,7)8)31-43-49-42-30-29-41(56(38-19-11-9-12-20-38)39-21-13-10-14-22-39)33-47(42)57(40-27-25-36(26-28-40)53(3,4)5)45-23-16-24-46(50(45)49)58(52)51(43)44/h9-33,49H,1-8H3. The lowest BCUT2D eigenvalue weighted by molar-refractivity contribution is 0.589. The van der Waals surface area contributed by atoms with Gasteiger partial charge in [-0.05, 0) is 125 Å². The van der Waals surface area contributed by atoms with Gasteiger partial charge in [-0.1, -0.05) is 126 Å². The largest absolute Gasteiger partial charge is 0.310 e. The number of para-hydroxylation sites is 2. The Hall–Kier alpha value is -6.39. The van der Waals surface area contributed by atoms with E-state index >= 15 is 0 Å². The summed E-state index contributed by atoms with van der Waals surface area (Å²) in [5.74, 6) is 1.01. The van der Waals surface area contributed by atoms with Gasteiger partial charge in [-0.2, -0.15) is 0 Å². The normalized spacial score (nSPS) is 14.3. The Morgan fingerprint density at radius 1 is 0.517 bits per heavy atom. The molecule has 1 atom stereocenters. The van der Waals surface area contributed by atoms with Crippen molar-refractivity contribution in [3.05, 3.63) is 191 Å². The molecule has 0 N–H and O–H groups in total. The maximum atomic E-state index is 5.58. The molecule has 3 heterocycles. The average molecular weight is 755 g/mol. The molecular formula is C54H50N4. The molecule has 58 heavy (non-hydrogen) atoms. The van der Waals surface area contributed by atoms with Crippen LogP contribution >= 0.6 is 0 Å². The number of aryl methyl sites for hydroxylation is 2. The Morgan fingerprint density at radius 2 is 1.12 bits per heavy atom. The molecule has 286 valence electrons. The number of hydrogen-bond donors (Lipinski definition) is 0. The summed E-state index contributed by atoms with van der Waals surface area (Å²) in [5.41, 5.74) is 20.5. The van der Waals surface area contributed by atoms with E-state index in [0.29, 0.717) is 0 Å². The summed E-state index contributed by atoms with van der Waals surface area (Å²) in [4.78, 5) is 10.5. The van der Waals surface area contributed by atoms with Gasteiger partial charge < -0.3 is 9.80 Å². The highest BCUT2D eigenvalue weighted by Crippen LogP contribution is 2.58. The topological polar surface area (TPSA) is 24.3 Å². The van der Waals surface area contributed by atoms with Crippen LogP contribution in [0.2, 0.25) is 0 Å². The van der Waals surface area contributed by atoms with Crippen molar-refractivity contribution in [2.45, 2.75) is 72.1 Å². The number of aromatic nitrogens is 2. The molecular weight excluding hydrogens is 705 g/mol. The van der Waals surface area contributed by atoms with E-state index in [9.17, 15) is 0 Å². The van der Waals surface area contributed by atoms with Crippen molar-refractivity contribution in [3.63, 3.8) is 0 Å². The number of rotatable bonds is 5. The van der Waals surface area contributed by atoms with Crippen LogP contribution in [0.15, 0.2) is 152 Å². The second kappa shape index (κ2) is 13.1. The third-order valence-corrected chi connectivity index (χ3v) is 12.3. The van der Waals surface area contributed by atoms with Crippen molar-refractivity contribution in [1.29, 1.82) is 0 Å². The summed E-state index contributed by atoms with van der Waals surface area (Å²) in [5, 5.41) is 0. The summed E-state index contributed by atoms with van der Waals surface area (Å²) in [6.45, 7) is 18.2. The van der Waals surface area contributed by atoms with E-state index in [1.807, 2.05) is 0 Å². The Balaban J connectivity index is 1.30. The second-order valence-electron chi connectivity index (χ2n) is 18.2. The predicted molar refractivity (Wildman–Crippen MR) is 244 cm³/mol. The zero-order valence-corrected chi connectivity index (χ0v) is 34.8. The molecule has 0 aliphatic carbocycles. The van der Waals surface area contributed by atoms with E-state index in [4.69, 9.17) is 4.98 Å². The fourth-order valence-corrected chi connectivity index (χ4v) is 9.40. The molecule has 0 amide bonds. The summed E-state index contributed by atoms with van der Waals surface area (Å²) in [7, 11) is 0. The van der Waals surface area contributed by atoms with E-state index in [1.54, 1.807) is 0 Å². The molecule has 0 radical (unpaired) electrons. The van der Waals surface area contributed by atoms with E-state index < -0.39 is 0 Å². The minimum atomic E-state index is -0.0684. The van der Waals surface area contributed by atoms with Gasteiger partial charge in [0.25, 0.3) is 0 Å². The number of nitrogens with zero attached hydrogens (tertiary/aromatic N) is 4. The van der Waals surface area contributed by atoms with Gasteiger partial charge in [0, 0.05) is 39.8 Å². The minimum absolute atomic E-state index is 0.00191. The Labute approximate surface area is 343 Å². The van der Waals surface area contributed by atoms with Crippen molar-refractivity contribution in [1.82, 2.24) is 9.55 Å². The monoisotopic (exact) mass is 754 g/mol. The summed E-state index contributed by atoms with van der Waals surface area (Å²) in [6.07, 6.45) is 0. The third kappa shape index (κ3) is 5.61. The first kappa shape index (κ1) is 36.0. The van der Waals surface area contributed by atoms with Crippen LogP contribution in [-0.2, 0) is 10.8 Å². The Bertz CT molecular complexity index is 2810. The molecule has 4 nitrogen and oxygen atoms in total. The first-order chi connectivity index (χ1) is 27.9. The highest BCUT2D eigenvalue weighted by molar-refractivity contribution is 5.98. The number of benzene rings is 7. The Kier molecular flexibility index (Phi) is 8.11. The fourth-order valence-electron chi connectivity index (χ4n) is 9.40. The summed E-state index contributed by atoms with van der Waals surface area (Å²) < 4.78 is 2.48. The second-order valence-corrected chi connectivity index (χ2v) is 18.2. The van der Waals surface area contributed by atoms with Gasteiger partial charge in [0.2, 0.25) is 0 Å². The third-order valence-electron chi connectivity index (χ3n) is 12.3. The van der Waals surface area contributed by atoms with Crippen LogP contribution in [-0.4, -0.2) is 9.55 Å². The predicted octanol–water partition coefficient (Wildman–Crippen LogP) is 14.7. The van der Waals surface area contributed by atoms with E-state index in [-0.39, 0.29) is 16.7 Å². The molecule has 7 aromatic carbocycles. The van der Waals surface area contributed by atoms with Crippen LogP contribution in [0.25, 0.3) is 28.1 Å². The SMILES string of the molecule is Cc1cccc(C)c1-c1nc2cc(C(C)(C)C)cc3c2n1-c1cccc2c1C3c1ccc(N(c3ccccc3)c3ccccc3)cc1N2c1ccc(C(C)(C)C)cc1. The molecule has 0 saturated heterocycles. The van der Waals surface area contributed by atoms with Crippen LogP contribution in [0.3, 0.4) is 0 Å². The quantitative estimate of drug-likeness (QED) is 0.175. The highest BCUT2D eigenvalue weighted by Gasteiger charge is 2.41. The molecule has 8 aromatic rings. The van der Waals surface area contributed by atoms with Crippen LogP contribution in [0.4, 0.5) is 34.1 Å². The summed E-state index contributed by atoms with van der Waals surface area (Å²) >= 11 is 0. The van der Waals surface area contributed by atoms with Crippen LogP contribution in [0, 0.1) is 13.8 Å². The molecule has 0 fully saturated rings. The zero-order valence-electron chi connectivity index (χ0n) is 34.8. The van der Waals surface area contributed by atoms with Gasteiger partial charge >= 0.3 is 0 Å². The van der Waals surface area contributed by atoms with Crippen molar-refractivity contribution in [2.75, 3.05) is 9.80 Å². The number of fused-ring (bicyclic) bond motifs is 4. The number of hydrogen-bond acceptors (Lipinski definition) is 3. The molecule has 4 heteroatoms. The van der Waals surface area contributed by atoms with Gasteiger partial charge in [0.15, 0.2) is 0 Å². The van der Waals surface area contributed by atoms with E-state index in [2.05, 4.69) is 221 Å². The van der Waals surface area contributed by atoms with Crippen LogP contribution in [0.5, 0.6) is 0 Å². The molecule has 1 aromatic heterocycles. The van der Waals surface area contributed by atoms with Gasteiger partial charge in [-0.3, -0.25) is 4.57 Å². The van der Waals surface area contributed by atoms with E-state index in [1.165, 1.54) is 67.1 Å². The lowest BCUT2D eigenvalue weighted by Crippen LogP contribution is -2.27. The van der Waals surface area contributed by atoms with Crippen molar-refractivity contribution in [3.8, 4) is 17.1 Å². The molecule has 0 spiro atoms. The smallest absolute Gasteiger partial charge is 0.146 e. The molecule has 10 rings (SSSR count). The first-order valence-corrected chi connectivity index (χ1v) is 20.6. The molecule has 0 bridgehead atoms. The van der Waals surface area contributed by atoms with Gasteiger partial charge in [0.05, 0.1) is 28.1 Å². The number of anilines is 6. The van der Waals surface area contributed by atoms with Gasteiger partial charge in [0.1, 0.15) is 5.82 Å². The van der Waals surface area contributed by atoms with Crippen molar-refractivity contribution >= 4 is 45.2 Å². The number of imidazole rings is 1. The van der Waals surface area contributed by atoms with E-state index in [0.717, 1.165) is 34.1 Å². The first-order valence-electron chi connectivity index (χ1n) is 20.6. The fraction of sp³-hybridized carbons (Fsp3) is 0.204. The molecule has 1 unspecified atom stereocenters. The highest BCUT2D eigenvalue weighted by atomic mass is 15.2. The molecule has 2 aliphatic rings. The van der Waals surface area contributed by atoms with Crippen molar-refractivity contribution in [2.24, 2.45) is 0 Å². The molecule has 2 aliphatic heterocycles. The summed E-state index contributed by atoms with van der Waals surface area (Å²) in [6, 6.07) is 56.1. The van der Waals surface area contributed by atoms with Gasteiger partial charge in [-0.15, -0.1) is 0 Å². The minimum Gasteiger partial charge on any atom is -0.310 e. The van der Waals surface area contributed by atoms with Crippen molar-refractivity contribution < 1.29 is 0 Å². The zero-order chi connectivity index (χ0) is 40.1. The van der Waals surface area contributed by atoms with Gasteiger partial charge in [-0.25, -0.2) is 4.98 Å². The van der Waals surface area contributed by atoms with Crippen LogP contribution in [0.1, 0.15) is 86.4 Å². The van der Waals surface area contributed by atoms with Crippen LogP contribution < -0.4 is 9.80 Å². The maximum Gasteiger partial charge on any atom is 0.146 e. The average Bonchev–Trinajstić information content (AvgIpc) is 3.59. The lowest BCUT2D eigenvalue weighted by atomic mass is 9.75. The molecule has 0 saturated carbocycles. The maximum absolute atomic E-state index is 5.58. The lowest BCUT2D eigenvalue weighted by Gasteiger charge is -2.42.